The van der Waals surface area contributed by atoms with Gasteiger partial charge in [0.25, 0.3) is 0 Å². The minimum absolute atomic E-state index is 0.00999. The number of amides is 1. The first-order valence-corrected chi connectivity index (χ1v) is 11.4. The molecule has 3 aromatic rings. The number of ether oxygens (including phenoxy) is 2. The molecule has 3 heterocycles. The molecule has 0 saturated carbocycles. The average molecular weight is 478 g/mol. The molecule has 1 fully saturated rings. The van der Waals surface area contributed by atoms with Gasteiger partial charge < -0.3 is 19.3 Å². The summed E-state index contributed by atoms with van der Waals surface area (Å²) in [6, 6.07) is 7.23. The number of carbonyl (C=O) groups excluding carboxylic acids is 1. The van der Waals surface area contributed by atoms with Crippen molar-refractivity contribution in [3.05, 3.63) is 60.5 Å². The topological polar surface area (TPSA) is 80.7 Å². The normalized spacial score (nSPS) is 16.1. The van der Waals surface area contributed by atoms with E-state index in [1.807, 2.05) is 36.9 Å². The predicted molar refractivity (Wildman–Crippen MR) is 134 cm³/mol. The molecular formula is C26H28FN5O3. The molecule has 1 aromatic carbocycles. The highest BCUT2D eigenvalue weighted by Gasteiger charge is 2.28. The van der Waals surface area contributed by atoms with Crippen molar-refractivity contribution in [2.45, 2.75) is 19.9 Å². The smallest absolute Gasteiger partial charge is 0.246 e. The van der Waals surface area contributed by atoms with Gasteiger partial charge in [-0.1, -0.05) is 6.58 Å². The number of rotatable bonds is 7. The van der Waals surface area contributed by atoms with Crippen molar-refractivity contribution < 1.29 is 18.7 Å². The van der Waals surface area contributed by atoms with Gasteiger partial charge >= 0.3 is 0 Å². The van der Waals surface area contributed by atoms with Crippen LogP contribution < -0.4 is 14.4 Å². The SMILES string of the molecule is C=CC(=O)N1CCN(c2nc(/C=C/c3cc(OC)c(F)cn3)nc3ccc(OCC)cc23)C[C@H]1C. The van der Waals surface area contributed by atoms with Crippen LogP contribution in [0.3, 0.4) is 0 Å². The summed E-state index contributed by atoms with van der Waals surface area (Å²) in [6.45, 7) is 9.90. The minimum atomic E-state index is -0.526. The van der Waals surface area contributed by atoms with Crippen LogP contribution >= 0.6 is 0 Å². The van der Waals surface area contributed by atoms with Gasteiger partial charge in [0.1, 0.15) is 11.6 Å². The maximum Gasteiger partial charge on any atom is 0.246 e. The summed E-state index contributed by atoms with van der Waals surface area (Å²) in [4.78, 5) is 29.8. The lowest BCUT2D eigenvalue weighted by atomic mass is 10.1. The van der Waals surface area contributed by atoms with E-state index in [-0.39, 0.29) is 17.7 Å². The molecule has 8 nitrogen and oxygen atoms in total. The van der Waals surface area contributed by atoms with Crippen LogP contribution in [-0.4, -0.2) is 65.2 Å². The summed E-state index contributed by atoms with van der Waals surface area (Å²) < 4.78 is 24.4. The van der Waals surface area contributed by atoms with E-state index >= 15 is 0 Å². The summed E-state index contributed by atoms with van der Waals surface area (Å²) in [5, 5.41) is 0.866. The Labute approximate surface area is 203 Å². The Kier molecular flexibility index (Phi) is 7.24. The number of fused-ring (bicyclic) bond motifs is 1. The number of hydrogen-bond acceptors (Lipinski definition) is 7. The molecule has 1 atom stereocenters. The predicted octanol–water partition coefficient (Wildman–Crippen LogP) is 3.96. The fraction of sp³-hybridized carbons (Fsp3) is 0.308. The Morgan fingerprint density at radius 3 is 2.80 bits per heavy atom. The van der Waals surface area contributed by atoms with Crippen molar-refractivity contribution in [1.29, 1.82) is 0 Å². The van der Waals surface area contributed by atoms with Gasteiger partial charge in [-0.05, 0) is 50.3 Å². The van der Waals surface area contributed by atoms with Crippen molar-refractivity contribution in [2.24, 2.45) is 0 Å². The number of methoxy groups -OCH3 is 1. The van der Waals surface area contributed by atoms with E-state index in [4.69, 9.17) is 19.4 Å². The molecule has 1 aliphatic heterocycles. The molecule has 4 rings (SSSR count). The largest absolute Gasteiger partial charge is 0.494 e. The number of anilines is 1. The van der Waals surface area contributed by atoms with Crippen LogP contribution in [0.4, 0.5) is 10.2 Å². The number of benzene rings is 1. The van der Waals surface area contributed by atoms with Crippen LogP contribution in [0.1, 0.15) is 25.4 Å². The highest BCUT2D eigenvalue weighted by molar-refractivity contribution is 5.92. The maximum atomic E-state index is 13.7. The van der Waals surface area contributed by atoms with E-state index in [1.165, 1.54) is 19.3 Å². The molecule has 0 spiro atoms. The molecule has 35 heavy (non-hydrogen) atoms. The van der Waals surface area contributed by atoms with Gasteiger partial charge in [-0.2, -0.15) is 0 Å². The Hall–Kier alpha value is -4.01. The van der Waals surface area contributed by atoms with Gasteiger partial charge in [0.2, 0.25) is 5.91 Å². The number of carbonyl (C=O) groups is 1. The number of halogens is 1. The first-order chi connectivity index (χ1) is 16.9. The molecule has 182 valence electrons. The van der Waals surface area contributed by atoms with Crippen LogP contribution in [-0.2, 0) is 4.79 Å². The standard InChI is InChI=1S/C26H28FN5O3/c1-5-25(33)32-12-11-31(16-17(32)3)26-20-14-19(35-6-2)8-9-22(20)29-24(30-26)10-7-18-13-23(34-4)21(27)15-28-18/h5,7-10,13-15,17H,1,6,11-12,16H2,2-4H3/b10-7+/t17-/m1/s1. The molecule has 9 heteroatoms. The van der Waals surface area contributed by atoms with Crippen molar-refractivity contribution >= 4 is 34.8 Å². The number of piperazine rings is 1. The van der Waals surface area contributed by atoms with Crippen LogP contribution in [0, 0.1) is 5.82 Å². The zero-order valence-corrected chi connectivity index (χ0v) is 20.1. The maximum absolute atomic E-state index is 13.7. The Bertz CT molecular complexity index is 1280. The summed E-state index contributed by atoms with van der Waals surface area (Å²) >= 11 is 0. The van der Waals surface area contributed by atoms with E-state index in [9.17, 15) is 9.18 Å². The molecule has 0 aliphatic carbocycles. The van der Waals surface area contributed by atoms with Gasteiger partial charge in [-0.15, -0.1) is 0 Å². The molecule has 0 N–H and O–H groups in total. The summed E-state index contributed by atoms with van der Waals surface area (Å²) in [5.74, 6) is 1.50. The van der Waals surface area contributed by atoms with Crippen molar-refractivity contribution in [3.8, 4) is 11.5 Å². The average Bonchev–Trinajstić information content (AvgIpc) is 2.87. The molecule has 1 aliphatic rings. The fourth-order valence-corrected chi connectivity index (χ4v) is 4.12. The Balaban J connectivity index is 1.72. The highest BCUT2D eigenvalue weighted by atomic mass is 19.1. The highest BCUT2D eigenvalue weighted by Crippen LogP contribution is 2.30. The zero-order valence-electron chi connectivity index (χ0n) is 20.1. The summed E-state index contributed by atoms with van der Waals surface area (Å²) in [6.07, 6.45) is 5.92. The van der Waals surface area contributed by atoms with Crippen LogP contribution in [0.15, 0.2) is 43.1 Å². The third-order valence-electron chi connectivity index (χ3n) is 5.82. The molecule has 0 radical (unpaired) electrons. The summed E-state index contributed by atoms with van der Waals surface area (Å²) in [7, 11) is 1.41. The summed E-state index contributed by atoms with van der Waals surface area (Å²) in [5.41, 5.74) is 1.28. The molecule has 0 bridgehead atoms. The van der Waals surface area contributed by atoms with Crippen molar-refractivity contribution in [3.63, 3.8) is 0 Å². The van der Waals surface area contributed by atoms with E-state index < -0.39 is 5.82 Å². The second-order valence-corrected chi connectivity index (χ2v) is 8.13. The number of nitrogens with zero attached hydrogens (tertiary/aromatic N) is 5. The van der Waals surface area contributed by atoms with Gasteiger partial charge in [0.05, 0.1) is 31.1 Å². The Morgan fingerprint density at radius 1 is 1.26 bits per heavy atom. The van der Waals surface area contributed by atoms with E-state index in [0.717, 1.165) is 28.7 Å². The third kappa shape index (κ3) is 5.24. The minimum Gasteiger partial charge on any atom is -0.494 e. The second kappa shape index (κ2) is 10.5. The van der Waals surface area contributed by atoms with Crippen molar-refractivity contribution in [1.82, 2.24) is 19.9 Å². The zero-order chi connectivity index (χ0) is 24.9. The molecule has 1 amide bonds. The third-order valence-corrected chi connectivity index (χ3v) is 5.82. The second-order valence-electron chi connectivity index (χ2n) is 8.13. The van der Waals surface area contributed by atoms with E-state index in [0.29, 0.717) is 37.8 Å². The van der Waals surface area contributed by atoms with Gasteiger partial charge in [0, 0.05) is 37.1 Å². The number of pyridine rings is 1. The van der Waals surface area contributed by atoms with Crippen molar-refractivity contribution in [2.75, 3.05) is 38.3 Å². The number of aromatic nitrogens is 3. The van der Waals surface area contributed by atoms with Gasteiger partial charge in [0.15, 0.2) is 17.4 Å². The lowest BCUT2D eigenvalue weighted by molar-refractivity contribution is -0.128. The van der Waals surface area contributed by atoms with Crippen LogP contribution in [0.2, 0.25) is 0 Å². The van der Waals surface area contributed by atoms with E-state index in [2.05, 4.69) is 16.5 Å². The van der Waals surface area contributed by atoms with Gasteiger partial charge in [-0.3, -0.25) is 9.78 Å². The lowest BCUT2D eigenvalue weighted by Crippen LogP contribution is -2.54. The Morgan fingerprint density at radius 2 is 2.09 bits per heavy atom. The number of hydrogen-bond donors (Lipinski definition) is 0. The first kappa shape index (κ1) is 24.1. The molecule has 2 aromatic heterocycles. The van der Waals surface area contributed by atoms with E-state index in [1.54, 1.807) is 12.2 Å². The van der Waals surface area contributed by atoms with Gasteiger partial charge in [-0.25, -0.2) is 14.4 Å². The fourth-order valence-electron chi connectivity index (χ4n) is 4.12. The monoisotopic (exact) mass is 477 g/mol. The quantitative estimate of drug-likeness (QED) is 0.477. The molecular weight excluding hydrogens is 449 g/mol. The first-order valence-electron chi connectivity index (χ1n) is 11.4. The van der Waals surface area contributed by atoms with Crippen LogP contribution in [0.25, 0.3) is 23.1 Å². The molecule has 0 unspecified atom stereocenters. The van der Waals surface area contributed by atoms with Crippen LogP contribution in [0.5, 0.6) is 11.5 Å². The lowest BCUT2D eigenvalue weighted by Gasteiger charge is -2.40. The molecule has 1 saturated heterocycles.